The van der Waals surface area contributed by atoms with Crippen LogP contribution >= 0.6 is 0 Å². The van der Waals surface area contributed by atoms with Crippen molar-refractivity contribution in [2.75, 3.05) is 24.3 Å². The summed E-state index contributed by atoms with van der Waals surface area (Å²) in [6, 6.07) is 26.4. The number of nitrogens with zero attached hydrogens (tertiary/aromatic N) is 1. The van der Waals surface area contributed by atoms with Crippen molar-refractivity contribution in [1.29, 1.82) is 0 Å². The Balaban J connectivity index is 1.58. The number of nitrogens with one attached hydrogen (secondary N) is 1. The van der Waals surface area contributed by atoms with Crippen LogP contribution in [0.15, 0.2) is 78.9 Å². The molecular weight excluding hydrogens is 508 g/mol. The Morgan fingerprint density at radius 2 is 1.39 bits per heavy atom. The molecule has 0 fully saturated rings. The summed E-state index contributed by atoms with van der Waals surface area (Å²) < 4.78 is 13.4. The van der Waals surface area contributed by atoms with Gasteiger partial charge < -0.3 is 19.7 Å². The largest absolute Gasteiger partial charge is 0.456 e. The second-order valence-corrected chi connectivity index (χ2v) is 13.4. The molecule has 4 aromatic carbocycles. The van der Waals surface area contributed by atoms with E-state index in [1.165, 1.54) is 5.56 Å². The molecule has 41 heavy (non-hydrogen) atoms. The van der Waals surface area contributed by atoms with Crippen LogP contribution in [0.25, 0.3) is 0 Å². The first-order chi connectivity index (χ1) is 19.3. The summed E-state index contributed by atoms with van der Waals surface area (Å²) in [5.41, 5.74) is 7.03. The summed E-state index contributed by atoms with van der Waals surface area (Å²) in [4.78, 5) is 15.4. The van der Waals surface area contributed by atoms with Crippen LogP contribution < -0.4 is 15.0 Å². The monoisotopic (exact) mass is 546 g/mol. The Hall–Kier alpha value is -4.25. The van der Waals surface area contributed by atoms with E-state index in [4.69, 9.17) is 9.47 Å². The molecule has 0 amide bonds. The predicted octanol–water partition coefficient (Wildman–Crippen LogP) is 8.66. The molecule has 0 aromatic heterocycles. The maximum atomic E-state index is 13.4. The zero-order chi connectivity index (χ0) is 29.3. The Morgan fingerprint density at radius 1 is 0.732 bits per heavy atom. The average molecular weight is 547 g/mol. The van der Waals surface area contributed by atoms with Gasteiger partial charge in [0.2, 0.25) is 0 Å². The molecule has 6 rings (SSSR count). The van der Waals surface area contributed by atoms with Crippen LogP contribution in [0.2, 0.25) is 0 Å². The second-order valence-electron chi connectivity index (χ2n) is 13.4. The fourth-order valence-electron chi connectivity index (χ4n) is 6.19. The molecule has 2 heterocycles. The number of carbonyl (C=O) groups excluding carboxylic acids is 1. The lowest BCUT2D eigenvalue weighted by molar-refractivity contribution is 0.0223. The van der Waals surface area contributed by atoms with Crippen LogP contribution in [0.1, 0.15) is 79.7 Å². The Kier molecular flexibility index (Phi) is 6.00. The smallest absolute Gasteiger partial charge is 0.340 e. The molecule has 2 aliphatic rings. The predicted molar refractivity (Wildman–Crippen MR) is 166 cm³/mol. The molecule has 1 unspecified atom stereocenters. The summed E-state index contributed by atoms with van der Waals surface area (Å²) in [5, 5.41) is 3.53. The van der Waals surface area contributed by atoms with Crippen molar-refractivity contribution in [3.05, 3.63) is 112 Å². The van der Waals surface area contributed by atoms with Crippen molar-refractivity contribution < 1.29 is 14.3 Å². The van der Waals surface area contributed by atoms with E-state index in [0.29, 0.717) is 11.3 Å². The highest BCUT2D eigenvalue weighted by Gasteiger charge is 2.54. The van der Waals surface area contributed by atoms with Crippen LogP contribution in [0, 0.1) is 0 Å². The zero-order valence-electron chi connectivity index (χ0n) is 25.2. The standard InChI is InChI=1S/C36H38N2O3/c1-34(2,3)28-19-20-29-32(31(28)35(4,5)6)40-30-21-23(37-22-13-16-24(17-14-22)38(7)8)15-18-27(30)36(29)26-12-10-9-11-25(26)33(39)41-36/h9-21,37H,1-8H3. The van der Waals surface area contributed by atoms with E-state index in [9.17, 15) is 4.79 Å². The number of fused-ring (bicyclic) bond motifs is 6. The van der Waals surface area contributed by atoms with Crippen LogP contribution in [-0.2, 0) is 21.2 Å². The second kappa shape index (κ2) is 9.13. The lowest BCUT2D eigenvalue weighted by Crippen LogP contribution is -2.35. The molecule has 0 bridgehead atoms. The van der Waals surface area contributed by atoms with Gasteiger partial charge in [-0.25, -0.2) is 4.79 Å². The minimum Gasteiger partial charge on any atom is -0.456 e. The van der Waals surface area contributed by atoms with Crippen LogP contribution in [0.3, 0.4) is 0 Å². The highest BCUT2D eigenvalue weighted by molar-refractivity contribution is 5.97. The quantitative estimate of drug-likeness (QED) is 0.261. The molecule has 5 nitrogen and oxygen atoms in total. The van der Waals surface area contributed by atoms with Gasteiger partial charge in [-0.2, -0.15) is 0 Å². The first kappa shape index (κ1) is 26.9. The number of ether oxygens (including phenoxy) is 2. The molecule has 1 N–H and O–H groups in total. The number of carbonyl (C=O) groups is 1. The molecule has 0 aliphatic carbocycles. The van der Waals surface area contributed by atoms with E-state index < -0.39 is 5.60 Å². The highest BCUT2D eigenvalue weighted by atomic mass is 16.6. The van der Waals surface area contributed by atoms with E-state index >= 15 is 0 Å². The maximum Gasteiger partial charge on any atom is 0.340 e. The third kappa shape index (κ3) is 4.26. The molecule has 4 aromatic rings. The van der Waals surface area contributed by atoms with E-state index in [2.05, 4.69) is 88.2 Å². The van der Waals surface area contributed by atoms with Crippen LogP contribution in [0.4, 0.5) is 17.1 Å². The van der Waals surface area contributed by atoms with Crippen molar-refractivity contribution >= 4 is 23.0 Å². The van der Waals surface area contributed by atoms with E-state index in [1.54, 1.807) is 0 Å². The van der Waals surface area contributed by atoms with Crippen LogP contribution in [0.5, 0.6) is 11.5 Å². The van der Waals surface area contributed by atoms with Gasteiger partial charge in [-0.3, -0.25) is 0 Å². The number of esters is 1. The summed E-state index contributed by atoms with van der Waals surface area (Å²) in [6.07, 6.45) is 0. The molecule has 0 saturated carbocycles. The van der Waals surface area contributed by atoms with Gasteiger partial charge in [0.05, 0.1) is 5.56 Å². The SMILES string of the molecule is CN(C)c1ccc(Nc2ccc3c(c2)Oc2c(ccc(C(C)(C)C)c2C(C)(C)C)C32OC(=O)c3ccccc32)cc1. The number of hydrogen-bond acceptors (Lipinski definition) is 5. The van der Waals surface area contributed by atoms with Crippen molar-refractivity contribution in [3.63, 3.8) is 0 Å². The van der Waals surface area contributed by atoms with Crippen molar-refractivity contribution in [3.8, 4) is 11.5 Å². The van der Waals surface area contributed by atoms with Crippen molar-refractivity contribution in [2.45, 2.75) is 58.0 Å². The molecule has 210 valence electrons. The summed E-state index contributed by atoms with van der Waals surface area (Å²) in [5.74, 6) is 1.13. The van der Waals surface area contributed by atoms with E-state index in [1.807, 2.05) is 56.6 Å². The normalized spacial score (nSPS) is 17.3. The number of rotatable bonds is 3. The van der Waals surface area contributed by atoms with Gasteiger partial charge in [0.15, 0.2) is 5.60 Å². The lowest BCUT2D eigenvalue weighted by atomic mass is 9.70. The average Bonchev–Trinajstić information content (AvgIpc) is 3.20. The fraction of sp³-hybridized carbons (Fsp3) is 0.306. The van der Waals surface area contributed by atoms with Gasteiger partial charge in [0, 0.05) is 59.5 Å². The minimum absolute atomic E-state index is 0.110. The topological polar surface area (TPSA) is 50.8 Å². The lowest BCUT2D eigenvalue weighted by Gasteiger charge is -2.41. The van der Waals surface area contributed by atoms with Gasteiger partial charge in [-0.05, 0) is 58.9 Å². The third-order valence-corrected chi connectivity index (χ3v) is 8.11. The van der Waals surface area contributed by atoms with Crippen LogP contribution in [-0.4, -0.2) is 20.1 Å². The molecule has 0 radical (unpaired) electrons. The minimum atomic E-state index is -1.10. The molecule has 2 aliphatic heterocycles. The van der Waals surface area contributed by atoms with Gasteiger partial charge in [0.1, 0.15) is 11.5 Å². The van der Waals surface area contributed by atoms with Crippen molar-refractivity contribution in [1.82, 2.24) is 0 Å². The highest BCUT2D eigenvalue weighted by Crippen LogP contribution is 2.59. The first-order valence-electron chi connectivity index (χ1n) is 14.2. The van der Waals surface area contributed by atoms with E-state index in [-0.39, 0.29) is 16.8 Å². The molecule has 1 atom stereocenters. The Bertz CT molecular complexity index is 1670. The van der Waals surface area contributed by atoms with Crippen molar-refractivity contribution in [2.24, 2.45) is 0 Å². The van der Waals surface area contributed by atoms with E-state index in [0.717, 1.165) is 45.1 Å². The summed E-state index contributed by atoms with van der Waals surface area (Å²) in [7, 11) is 4.06. The maximum absolute atomic E-state index is 13.4. The summed E-state index contributed by atoms with van der Waals surface area (Å²) in [6.45, 7) is 13.3. The molecular formula is C36H38N2O3. The number of hydrogen-bond donors (Lipinski definition) is 1. The Labute approximate surface area is 243 Å². The Morgan fingerprint density at radius 3 is 2.05 bits per heavy atom. The zero-order valence-corrected chi connectivity index (χ0v) is 25.2. The fourth-order valence-corrected chi connectivity index (χ4v) is 6.19. The first-order valence-corrected chi connectivity index (χ1v) is 14.2. The molecule has 1 spiro atoms. The number of anilines is 3. The number of benzene rings is 4. The van der Waals surface area contributed by atoms with Gasteiger partial charge in [-0.15, -0.1) is 0 Å². The van der Waals surface area contributed by atoms with Gasteiger partial charge in [0.25, 0.3) is 0 Å². The molecule has 0 saturated heterocycles. The molecule has 5 heteroatoms. The third-order valence-electron chi connectivity index (χ3n) is 8.11. The van der Waals surface area contributed by atoms with Gasteiger partial charge >= 0.3 is 5.97 Å². The van der Waals surface area contributed by atoms with Gasteiger partial charge in [-0.1, -0.05) is 71.9 Å². The summed E-state index contributed by atoms with van der Waals surface area (Å²) >= 11 is 0.